The number of quaternary nitrogens is 1. The van der Waals surface area contributed by atoms with Gasteiger partial charge in [-0.05, 0) is 51.3 Å². The van der Waals surface area contributed by atoms with E-state index in [0.717, 1.165) is 12.0 Å². The molecule has 2 fully saturated rings. The number of rotatable bonds is 2. The third kappa shape index (κ3) is 4.52. The summed E-state index contributed by atoms with van der Waals surface area (Å²) in [7, 11) is 0. The Morgan fingerprint density at radius 1 is 1.32 bits per heavy atom. The molecule has 2 heterocycles. The molecule has 0 aromatic heterocycles. The van der Waals surface area contributed by atoms with Gasteiger partial charge in [0.2, 0.25) is 0 Å². The molecular weight excluding hydrogens is 418 g/mol. The fourth-order valence-electron chi connectivity index (χ4n) is 4.34. The Hall–Kier alpha value is -2.65. The van der Waals surface area contributed by atoms with Crippen molar-refractivity contribution >= 4 is 23.6 Å². The van der Waals surface area contributed by atoms with E-state index >= 15 is 0 Å². The highest BCUT2D eigenvalue weighted by molar-refractivity contribution is 6.31. The molecule has 2 aliphatic rings. The van der Waals surface area contributed by atoms with Crippen molar-refractivity contribution in [1.82, 2.24) is 4.90 Å². The smallest absolute Gasteiger partial charge is 0.413 e. The van der Waals surface area contributed by atoms with Gasteiger partial charge in [0, 0.05) is 18.9 Å². The SMILES string of the molecule is CC(C)(C)OC(=O)[N@+]1(N)C[C@H](c2ccc(C#N)c(Cl)c2)C[C@H]1C(=O)N1CCCC1C#N. The third-order valence-corrected chi connectivity index (χ3v) is 6.19. The van der Waals surface area contributed by atoms with Gasteiger partial charge in [0.05, 0.1) is 16.7 Å². The summed E-state index contributed by atoms with van der Waals surface area (Å²) in [6.07, 6.45) is 0.981. The van der Waals surface area contributed by atoms with Crippen LogP contribution < -0.4 is 5.84 Å². The molecule has 0 saturated carbocycles. The second-order valence-corrected chi connectivity index (χ2v) is 9.62. The van der Waals surface area contributed by atoms with Gasteiger partial charge in [0.25, 0.3) is 5.91 Å². The van der Waals surface area contributed by atoms with Gasteiger partial charge < -0.3 is 9.64 Å². The van der Waals surface area contributed by atoms with Crippen LogP contribution in [-0.2, 0) is 9.53 Å². The van der Waals surface area contributed by atoms with Crippen LogP contribution in [0.3, 0.4) is 0 Å². The lowest BCUT2D eigenvalue weighted by Gasteiger charge is -2.34. The first-order chi connectivity index (χ1) is 14.5. The van der Waals surface area contributed by atoms with Gasteiger partial charge in [0.1, 0.15) is 24.3 Å². The number of nitriles is 2. The summed E-state index contributed by atoms with van der Waals surface area (Å²) in [6, 6.07) is 7.89. The maximum Gasteiger partial charge on any atom is 0.536 e. The molecule has 0 spiro atoms. The standard InChI is InChI=1S/C22H27ClN5O3/c1-22(2,3)31-21(30)28(26)13-16(14-6-7-15(11-24)18(23)9-14)10-19(28)20(29)27-8-4-5-17(27)12-25/h6-7,9,16-17,19H,4-5,8,10,13,26H2,1-3H3/q+1/t16-,17?,19+,28+/m1/s1. The highest BCUT2D eigenvalue weighted by Crippen LogP contribution is 2.39. The number of hydrogen-bond donors (Lipinski definition) is 1. The molecule has 0 bridgehead atoms. The number of nitrogens with two attached hydrogens (primary N) is 1. The fraction of sp³-hybridized carbons (Fsp3) is 0.545. The van der Waals surface area contributed by atoms with Gasteiger partial charge in [-0.25, -0.2) is 0 Å². The Morgan fingerprint density at radius 2 is 2.03 bits per heavy atom. The van der Waals surface area contributed by atoms with E-state index in [2.05, 4.69) is 6.07 Å². The molecule has 4 atom stereocenters. The maximum absolute atomic E-state index is 13.4. The summed E-state index contributed by atoms with van der Waals surface area (Å²) in [5, 5.41) is 18.9. The van der Waals surface area contributed by atoms with Crippen LogP contribution in [-0.4, -0.2) is 52.3 Å². The Balaban J connectivity index is 1.96. The molecule has 1 aromatic rings. The van der Waals surface area contributed by atoms with Crippen LogP contribution in [0.25, 0.3) is 0 Å². The van der Waals surface area contributed by atoms with E-state index in [1.807, 2.05) is 6.07 Å². The molecule has 9 heteroatoms. The molecule has 2 N–H and O–H groups in total. The lowest BCUT2D eigenvalue weighted by molar-refractivity contribution is -0.874. The van der Waals surface area contributed by atoms with Crippen molar-refractivity contribution in [3.05, 3.63) is 34.3 Å². The van der Waals surface area contributed by atoms with Gasteiger partial charge >= 0.3 is 6.09 Å². The van der Waals surface area contributed by atoms with Gasteiger partial charge in [-0.2, -0.15) is 21.2 Å². The number of carbonyl (C=O) groups is 2. The summed E-state index contributed by atoms with van der Waals surface area (Å²) >= 11 is 6.21. The minimum Gasteiger partial charge on any atom is -0.413 e. The van der Waals surface area contributed by atoms with Gasteiger partial charge in [0.15, 0.2) is 6.04 Å². The fourth-order valence-corrected chi connectivity index (χ4v) is 4.58. The zero-order valence-corrected chi connectivity index (χ0v) is 18.7. The van der Waals surface area contributed by atoms with Crippen molar-refractivity contribution in [2.45, 2.75) is 63.6 Å². The molecule has 2 aliphatic heterocycles. The highest BCUT2D eigenvalue weighted by Gasteiger charge is 2.58. The molecule has 8 nitrogen and oxygen atoms in total. The van der Waals surface area contributed by atoms with Crippen LogP contribution in [0.2, 0.25) is 5.02 Å². The lowest BCUT2D eigenvalue weighted by atomic mass is 9.95. The van der Waals surface area contributed by atoms with Crippen molar-refractivity contribution < 1.29 is 18.9 Å². The minimum absolute atomic E-state index is 0.151. The van der Waals surface area contributed by atoms with E-state index in [0.29, 0.717) is 30.0 Å². The molecule has 1 unspecified atom stereocenters. The quantitative estimate of drug-likeness (QED) is 0.424. The second-order valence-electron chi connectivity index (χ2n) is 9.21. The van der Waals surface area contributed by atoms with Gasteiger partial charge in [-0.1, -0.05) is 17.7 Å². The van der Waals surface area contributed by atoms with E-state index in [1.165, 1.54) is 4.90 Å². The van der Waals surface area contributed by atoms with Gasteiger partial charge in [-0.15, -0.1) is 4.59 Å². The van der Waals surface area contributed by atoms with Crippen LogP contribution >= 0.6 is 11.6 Å². The summed E-state index contributed by atoms with van der Waals surface area (Å²) in [5.41, 5.74) is 0.383. The van der Waals surface area contributed by atoms with E-state index in [4.69, 9.17) is 27.4 Å². The summed E-state index contributed by atoms with van der Waals surface area (Å²) in [6.45, 7) is 5.85. The molecule has 0 radical (unpaired) electrons. The molecule has 1 aromatic carbocycles. The molecule has 3 rings (SSSR count). The van der Waals surface area contributed by atoms with Crippen LogP contribution in [0.5, 0.6) is 0 Å². The topological polar surface area (TPSA) is 120 Å². The zero-order chi connectivity index (χ0) is 23.0. The molecule has 31 heavy (non-hydrogen) atoms. The second kappa shape index (κ2) is 8.47. The molecule has 164 valence electrons. The predicted octanol–water partition coefficient (Wildman–Crippen LogP) is 3.21. The van der Waals surface area contributed by atoms with E-state index < -0.39 is 28.4 Å². The number of likely N-dealkylation sites (tertiary alicyclic amines) is 2. The summed E-state index contributed by atoms with van der Waals surface area (Å²) in [4.78, 5) is 28.1. The average Bonchev–Trinajstić information content (AvgIpc) is 3.31. The monoisotopic (exact) mass is 444 g/mol. The lowest BCUT2D eigenvalue weighted by Crippen LogP contribution is -2.66. The van der Waals surface area contributed by atoms with Crippen molar-refractivity contribution in [3.8, 4) is 12.1 Å². The van der Waals surface area contributed by atoms with Crippen LogP contribution in [0.15, 0.2) is 18.2 Å². The van der Waals surface area contributed by atoms with E-state index in [1.54, 1.807) is 39.0 Å². The molecule has 2 saturated heterocycles. The predicted molar refractivity (Wildman–Crippen MR) is 113 cm³/mol. The summed E-state index contributed by atoms with van der Waals surface area (Å²) < 4.78 is 4.88. The molecular formula is C22H27ClN5O3+. The zero-order valence-electron chi connectivity index (χ0n) is 18.0. The number of nitrogens with zero attached hydrogens (tertiary/aromatic N) is 4. The van der Waals surface area contributed by atoms with Crippen molar-refractivity contribution in [1.29, 1.82) is 10.5 Å². The number of benzene rings is 1. The number of amides is 2. The first-order valence-electron chi connectivity index (χ1n) is 10.3. The third-order valence-electron chi connectivity index (χ3n) is 5.87. The van der Waals surface area contributed by atoms with Crippen LogP contribution in [0.1, 0.15) is 57.1 Å². The average molecular weight is 445 g/mol. The van der Waals surface area contributed by atoms with E-state index in [9.17, 15) is 14.9 Å². The van der Waals surface area contributed by atoms with Crippen LogP contribution in [0.4, 0.5) is 4.79 Å². The highest BCUT2D eigenvalue weighted by atomic mass is 35.5. The van der Waals surface area contributed by atoms with Crippen molar-refractivity contribution in [2.75, 3.05) is 13.1 Å². The maximum atomic E-state index is 13.4. The Kier molecular flexibility index (Phi) is 6.29. The number of carbonyl (C=O) groups excluding carboxylic acids is 2. The molecule has 0 aliphatic carbocycles. The first kappa shape index (κ1) is 23.0. The van der Waals surface area contributed by atoms with Crippen LogP contribution in [0, 0.1) is 22.7 Å². The van der Waals surface area contributed by atoms with Crippen molar-refractivity contribution in [3.63, 3.8) is 0 Å². The number of ether oxygens (including phenoxy) is 1. The minimum atomic E-state index is -0.872. The normalized spacial score (nSPS) is 28.1. The Bertz CT molecular complexity index is 977. The van der Waals surface area contributed by atoms with Crippen molar-refractivity contribution in [2.24, 2.45) is 5.84 Å². The summed E-state index contributed by atoms with van der Waals surface area (Å²) in [5.74, 6) is 6.04. The largest absolute Gasteiger partial charge is 0.536 e. The Labute approximate surface area is 187 Å². The molecule has 2 amide bonds. The Morgan fingerprint density at radius 3 is 2.61 bits per heavy atom. The van der Waals surface area contributed by atoms with Gasteiger partial charge in [-0.3, -0.25) is 4.79 Å². The first-order valence-corrected chi connectivity index (χ1v) is 10.7. The number of hydrogen-bond acceptors (Lipinski definition) is 6. The number of halogens is 1. The van der Waals surface area contributed by atoms with E-state index in [-0.39, 0.29) is 18.4 Å².